The fraction of sp³-hybridized carbons (Fsp3) is 0.333. The lowest BCUT2D eigenvalue weighted by atomic mass is 9.93. The predicted molar refractivity (Wildman–Crippen MR) is 80.6 cm³/mol. The Morgan fingerprint density at radius 1 is 1.33 bits per heavy atom. The lowest BCUT2D eigenvalue weighted by Gasteiger charge is -2.14. The summed E-state index contributed by atoms with van der Waals surface area (Å²) in [5.74, 6) is -1.25. The molecule has 4 nitrogen and oxygen atoms in total. The van der Waals surface area contributed by atoms with Gasteiger partial charge in [-0.1, -0.05) is 32.5 Å². The summed E-state index contributed by atoms with van der Waals surface area (Å²) in [7, 11) is 0. The number of nitrogens with zero attached hydrogens (tertiary/aromatic N) is 2. The summed E-state index contributed by atoms with van der Waals surface area (Å²) in [5.41, 5.74) is 1.42. The smallest absolute Gasteiger partial charge is 0.313 e. The minimum atomic E-state index is -0.885. The molecular formula is C15H17FN2O2S. The molecule has 2 rings (SSSR count). The van der Waals surface area contributed by atoms with Crippen LogP contribution in [0.3, 0.4) is 0 Å². The van der Waals surface area contributed by atoms with Gasteiger partial charge in [0, 0.05) is 5.41 Å². The molecular weight excluding hydrogens is 291 g/mol. The summed E-state index contributed by atoms with van der Waals surface area (Å²) < 4.78 is 14.7. The SMILES string of the molecule is CC(C)(C)c1cc(SCC(=O)O)n(-c2ccc(F)cc2)n1. The van der Waals surface area contributed by atoms with Gasteiger partial charge >= 0.3 is 5.97 Å². The fourth-order valence-electron chi connectivity index (χ4n) is 1.74. The quantitative estimate of drug-likeness (QED) is 0.879. The standard InChI is InChI=1S/C15H17FN2O2S/c1-15(2,3)12-8-13(21-9-14(19)20)18(17-12)11-6-4-10(16)5-7-11/h4-8H,9H2,1-3H3,(H,19,20). The number of benzene rings is 1. The number of thioether (sulfide) groups is 1. The number of aliphatic carboxylic acids is 1. The average molecular weight is 308 g/mol. The van der Waals surface area contributed by atoms with E-state index in [1.807, 2.05) is 26.8 Å². The predicted octanol–water partition coefficient (Wildman–Crippen LogP) is 3.49. The van der Waals surface area contributed by atoms with Crippen molar-refractivity contribution in [1.29, 1.82) is 0 Å². The number of carboxylic acid groups (broad SMARTS) is 1. The molecule has 0 fully saturated rings. The molecule has 0 bridgehead atoms. The van der Waals surface area contributed by atoms with E-state index in [1.54, 1.807) is 16.8 Å². The monoisotopic (exact) mass is 308 g/mol. The van der Waals surface area contributed by atoms with Crippen LogP contribution < -0.4 is 0 Å². The summed E-state index contributed by atoms with van der Waals surface area (Å²) >= 11 is 1.20. The molecule has 0 amide bonds. The molecule has 112 valence electrons. The van der Waals surface area contributed by atoms with Gasteiger partial charge in [0.2, 0.25) is 0 Å². The maximum absolute atomic E-state index is 13.0. The molecule has 0 aliphatic carbocycles. The molecule has 0 saturated carbocycles. The maximum atomic E-state index is 13.0. The average Bonchev–Trinajstić information content (AvgIpc) is 2.81. The van der Waals surface area contributed by atoms with E-state index in [2.05, 4.69) is 5.10 Å². The number of hydrogen-bond donors (Lipinski definition) is 1. The van der Waals surface area contributed by atoms with Gasteiger partial charge < -0.3 is 5.11 Å². The first-order valence-electron chi connectivity index (χ1n) is 6.48. The fourth-order valence-corrected chi connectivity index (χ4v) is 2.47. The van der Waals surface area contributed by atoms with Gasteiger partial charge in [-0.15, -0.1) is 0 Å². The highest BCUT2D eigenvalue weighted by Gasteiger charge is 2.21. The number of hydrogen-bond acceptors (Lipinski definition) is 3. The molecule has 0 saturated heterocycles. The summed E-state index contributed by atoms with van der Waals surface area (Å²) in [6.07, 6.45) is 0. The van der Waals surface area contributed by atoms with Crippen LogP contribution in [0.5, 0.6) is 0 Å². The Morgan fingerprint density at radius 2 is 1.95 bits per heavy atom. The Hall–Kier alpha value is -1.82. The van der Waals surface area contributed by atoms with Crippen LogP contribution in [-0.4, -0.2) is 26.6 Å². The van der Waals surface area contributed by atoms with Crippen molar-refractivity contribution in [2.45, 2.75) is 31.2 Å². The van der Waals surface area contributed by atoms with Crippen molar-refractivity contribution in [1.82, 2.24) is 9.78 Å². The van der Waals surface area contributed by atoms with Crippen molar-refractivity contribution in [3.05, 3.63) is 41.8 Å². The Balaban J connectivity index is 2.43. The molecule has 0 unspecified atom stereocenters. The van der Waals surface area contributed by atoms with Crippen LogP contribution in [-0.2, 0) is 10.2 Å². The van der Waals surface area contributed by atoms with Crippen LogP contribution >= 0.6 is 11.8 Å². The van der Waals surface area contributed by atoms with E-state index in [1.165, 1.54) is 23.9 Å². The van der Waals surface area contributed by atoms with Crippen LogP contribution in [0, 0.1) is 5.82 Å². The Labute approximate surface area is 127 Å². The summed E-state index contributed by atoms with van der Waals surface area (Å²) in [4.78, 5) is 10.8. The zero-order valence-electron chi connectivity index (χ0n) is 12.1. The third-order valence-corrected chi connectivity index (χ3v) is 3.84. The van der Waals surface area contributed by atoms with E-state index in [0.717, 1.165) is 10.7 Å². The second kappa shape index (κ2) is 5.89. The van der Waals surface area contributed by atoms with Gasteiger partial charge in [0.25, 0.3) is 0 Å². The van der Waals surface area contributed by atoms with Gasteiger partial charge in [0.1, 0.15) is 10.8 Å². The number of halogens is 1. The van der Waals surface area contributed by atoms with E-state index >= 15 is 0 Å². The number of rotatable bonds is 4. The van der Waals surface area contributed by atoms with Crippen molar-refractivity contribution in [2.75, 3.05) is 5.75 Å². The minimum absolute atomic E-state index is 0.0452. The summed E-state index contributed by atoms with van der Waals surface area (Å²) in [5, 5.41) is 14.1. The van der Waals surface area contributed by atoms with E-state index < -0.39 is 5.97 Å². The molecule has 21 heavy (non-hydrogen) atoms. The number of aromatic nitrogens is 2. The van der Waals surface area contributed by atoms with Gasteiger partial charge in [0.15, 0.2) is 0 Å². The maximum Gasteiger partial charge on any atom is 0.313 e. The van der Waals surface area contributed by atoms with Crippen LogP contribution in [0.15, 0.2) is 35.4 Å². The molecule has 0 aliphatic heterocycles. The van der Waals surface area contributed by atoms with Crippen molar-refractivity contribution < 1.29 is 14.3 Å². The zero-order valence-corrected chi connectivity index (χ0v) is 12.9. The van der Waals surface area contributed by atoms with E-state index in [4.69, 9.17) is 5.11 Å². The Bertz CT molecular complexity index is 645. The molecule has 6 heteroatoms. The Morgan fingerprint density at radius 3 is 2.48 bits per heavy atom. The lowest BCUT2D eigenvalue weighted by Crippen LogP contribution is -2.12. The van der Waals surface area contributed by atoms with Crippen LogP contribution in [0.1, 0.15) is 26.5 Å². The molecule has 2 aromatic rings. The molecule has 0 aliphatic rings. The second-order valence-electron chi connectivity index (χ2n) is 5.69. The van der Waals surface area contributed by atoms with Crippen molar-refractivity contribution >= 4 is 17.7 Å². The second-order valence-corrected chi connectivity index (χ2v) is 6.68. The topological polar surface area (TPSA) is 55.1 Å². The molecule has 1 aromatic heterocycles. The van der Waals surface area contributed by atoms with Crippen molar-refractivity contribution in [2.24, 2.45) is 0 Å². The van der Waals surface area contributed by atoms with Crippen molar-refractivity contribution in [3.63, 3.8) is 0 Å². The molecule has 0 radical (unpaired) electrons. The first-order chi connectivity index (χ1) is 9.77. The van der Waals surface area contributed by atoms with E-state index in [0.29, 0.717) is 5.69 Å². The third-order valence-electron chi connectivity index (χ3n) is 2.86. The molecule has 1 heterocycles. The Kier molecular flexibility index (Phi) is 4.37. The van der Waals surface area contributed by atoms with Gasteiger partial charge in [-0.3, -0.25) is 4.79 Å². The largest absolute Gasteiger partial charge is 0.481 e. The normalized spacial score (nSPS) is 11.6. The van der Waals surface area contributed by atoms with Crippen LogP contribution in [0.25, 0.3) is 5.69 Å². The molecule has 0 spiro atoms. The van der Waals surface area contributed by atoms with Crippen LogP contribution in [0.4, 0.5) is 4.39 Å². The van der Waals surface area contributed by atoms with Crippen molar-refractivity contribution in [3.8, 4) is 5.69 Å². The number of carboxylic acids is 1. The highest BCUT2D eigenvalue weighted by molar-refractivity contribution is 7.99. The number of carbonyl (C=O) groups is 1. The molecule has 0 atom stereocenters. The molecule has 1 aromatic carbocycles. The highest BCUT2D eigenvalue weighted by Crippen LogP contribution is 2.29. The third kappa shape index (κ3) is 3.85. The van der Waals surface area contributed by atoms with Gasteiger partial charge in [0.05, 0.1) is 17.1 Å². The first-order valence-corrected chi connectivity index (χ1v) is 7.47. The van der Waals surface area contributed by atoms with Gasteiger partial charge in [-0.25, -0.2) is 9.07 Å². The highest BCUT2D eigenvalue weighted by atomic mass is 32.2. The first kappa shape index (κ1) is 15.6. The summed E-state index contributed by atoms with van der Waals surface area (Å²) in [6, 6.07) is 7.86. The van der Waals surface area contributed by atoms with Gasteiger partial charge in [-0.2, -0.15) is 5.10 Å². The van der Waals surface area contributed by atoms with Gasteiger partial charge in [-0.05, 0) is 30.3 Å². The van der Waals surface area contributed by atoms with E-state index in [9.17, 15) is 9.18 Å². The molecule has 1 N–H and O–H groups in total. The summed E-state index contributed by atoms with van der Waals surface area (Å²) in [6.45, 7) is 6.11. The zero-order chi connectivity index (χ0) is 15.6. The van der Waals surface area contributed by atoms with E-state index in [-0.39, 0.29) is 17.0 Å². The lowest BCUT2D eigenvalue weighted by molar-refractivity contribution is -0.133. The van der Waals surface area contributed by atoms with Crippen LogP contribution in [0.2, 0.25) is 0 Å². The minimum Gasteiger partial charge on any atom is -0.481 e.